The first-order valence-corrected chi connectivity index (χ1v) is 4.52. The molecule has 0 radical (unpaired) electrons. The molecule has 2 heteroatoms. The lowest BCUT2D eigenvalue weighted by Crippen LogP contribution is -2.38. The molecular formula is C10H17NO. The summed E-state index contributed by atoms with van der Waals surface area (Å²) in [5.74, 6) is 0.726. The molecular weight excluding hydrogens is 150 g/mol. The summed E-state index contributed by atoms with van der Waals surface area (Å²) in [5, 5.41) is 0. The van der Waals surface area contributed by atoms with Crippen molar-refractivity contribution < 1.29 is 4.79 Å². The first kappa shape index (κ1) is 9.30. The first-order valence-electron chi connectivity index (χ1n) is 4.52. The lowest BCUT2D eigenvalue weighted by Gasteiger charge is -2.32. The number of piperidine rings is 1. The van der Waals surface area contributed by atoms with Crippen LogP contribution < -0.4 is 0 Å². The summed E-state index contributed by atoms with van der Waals surface area (Å²) in [6, 6.07) is 0. The van der Waals surface area contributed by atoms with Crippen LogP contribution in [0.15, 0.2) is 12.2 Å². The van der Waals surface area contributed by atoms with Crippen LogP contribution in [-0.4, -0.2) is 23.9 Å². The Bertz CT molecular complexity index is 178. The van der Waals surface area contributed by atoms with E-state index in [0.717, 1.165) is 19.5 Å². The van der Waals surface area contributed by atoms with Gasteiger partial charge in [-0.15, -0.1) is 0 Å². The summed E-state index contributed by atoms with van der Waals surface area (Å²) in [7, 11) is 0. The van der Waals surface area contributed by atoms with Crippen molar-refractivity contribution in [3.05, 3.63) is 12.2 Å². The van der Waals surface area contributed by atoms with Crippen molar-refractivity contribution in [2.45, 2.75) is 26.7 Å². The van der Waals surface area contributed by atoms with Gasteiger partial charge in [0.15, 0.2) is 0 Å². The molecule has 68 valence electrons. The fourth-order valence-corrected chi connectivity index (χ4v) is 1.67. The van der Waals surface area contributed by atoms with E-state index in [1.54, 1.807) is 6.92 Å². The number of nitrogens with zero attached hydrogens (tertiary/aromatic N) is 1. The van der Waals surface area contributed by atoms with E-state index < -0.39 is 0 Å². The fourth-order valence-electron chi connectivity index (χ4n) is 1.67. The second-order valence-corrected chi connectivity index (χ2v) is 3.65. The zero-order valence-electron chi connectivity index (χ0n) is 7.97. The summed E-state index contributed by atoms with van der Waals surface area (Å²) in [6.07, 6.45) is 2.32. The number of amides is 1. The van der Waals surface area contributed by atoms with Gasteiger partial charge in [-0.05, 0) is 25.7 Å². The molecule has 1 fully saturated rings. The van der Waals surface area contributed by atoms with Crippen LogP contribution in [0.4, 0.5) is 0 Å². The van der Waals surface area contributed by atoms with Gasteiger partial charge in [0.1, 0.15) is 0 Å². The van der Waals surface area contributed by atoms with Gasteiger partial charge in [0.2, 0.25) is 5.91 Å². The molecule has 0 aromatic carbocycles. The monoisotopic (exact) mass is 167 g/mol. The maximum absolute atomic E-state index is 11.1. The third-order valence-electron chi connectivity index (χ3n) is 2.56. The molecule has 1 aliphatic rings. The Labute approximate surface area is 74.2 Å². The van der Waals surface area contributed by atoms with Crippen molar-refractivity contribution in [2.24, 2.45) is 5.92 Å². The minimum atomic E-state index is 0.195. The third-order valence-corrected chi connectivity index (χ3v) is 2.56. The number of carbonyl (C=O) groups is 1. The van der Waals surface area contributed by atoms with Crippen LogP contribution in [0.1, 0.15) is 26.7 Å². The van der Waals surface area contributed by atoms with Crippen molar-refractivity contribution >= 4 is 5.91 Å². The highest BCUT2D eigenvalue weighted by atomic mass is 16.2. The number of hydrogen-bond donors (Lipinski definition) is 0. The molecule has 0 aliphatic carbocycles. The van der Waals surface area contributed by atoms with Crippen molar-refractivity contribution in [1.29, 1.82) is 0 Å². The maximum atomic E-state index is 11.1. The van der Waals surface area contributed by atoms with Crippen LogP contribution in [0, 0.1) is 5.92 Å². The molecule has 0 aromatic heterocycles. The molecule has 2 nitrogen and oxygen atoms in total. The maximum Gasteiger partial charge on any atom is 0.219 e. The zero-order valence-corrected chi connectivity index (χ0v) is 7.97. The molecule has 0 aromatic rings. The minimum absolute atomic E-state index is 0.195. The van der Waals surface area contributed by atoms with Crippen molar-refractivity contribution in [2.75, 3.05) is 13.1 Å². The average molecular weight is 167 g/mol. The van der Waals surface area contributed by atoms with Crippen molar-refractivity contribution in [3.8, 4) is 0 Å². The molecule has 12 heavy (non-hydrogen) atoms. The third kappa shape index (κ3) is 2.10. The van der Waals surface area contributed by atoms with Crippen LogP contribution in [0.25, 0.3) is 0 Å². The van der Waals surface area contributed by atoms with Crippen LogP contribution in [0.5, 0.6) is 0 Å². The van der Waals surface area contributed by atoms with Gasteiger partial charge in [0, 0.05) is 20.0 Å². The summed E-state index contributed by atoms with van der Waals surface area (Å²) >= 11 is 0. The van der Waals surface area contributed by atoms with E-state index in [-0.39, 0.29) is 5.91 Å². The van der Waals surface area contributed by atoms with Gasteiger partial charge in [-0.25, -0.2) is 0 Å². The van der Waals surface area contributed by atoms with Gasteiger partial charge in [-0.3, -0.25) is 4.79 Å². The first-order chi connectivity index (χ1) is 5.61. The highest BCUT2D eigenvalue weighted by molar-refractivity contribution is 5.73. The predicted octanol–water partition coefficient (Wildman–Crippen LogP) is 1.82. The molecule has 1 aliphatic heterocycles. The van der Waals surface area contributed by atoms with Crippen LogP contribution >= 0.6 is 0 Å². The molecule has 0 bridgehead atoms. The van der Waals surface area contributed by atoms with E-state index in [1.807, 2.05) is 11.8 Å². The molecule has 1 heterocycles. The minimum Gasteiger partial charge on any atom is -0.342 e. The largest absolute Gasteiger partial charge is 0.342 e. The van der Waals surface area contributed by atoms with E-state index in [0.29, 0.717) is 5.92 Å². The van der Waals surface area contributed by atoms with Gasteiger partial charge in [-0.2, -0.15) is 0 Å². The summed E-state index contributed by atoms with van der Waals surface area (Å²) < 4.78 is 0. The van der Waals surface area contributed by atoms with Gasteiger partial charge >= 0.3 is 0 Å². The standard InChI is InChI=1S/C10H17NO/c1-8(2)10-5-4-6-11(7-10)9(3)12/h10H,1,4-7H2,2-3H3. The molecule has 1 saturated heterocycles. The zero-order chi connectivity index (χ0) is 9.14. The van der Waals surface area contributed by atoms with Crippen LogP contribution in [0.3, 0.4) is 0 Å². The van der Waals surface area contributed by atoms with E-state index in [9.17, 15) is 4.79 Å². The SMILES string of the molecule is C=C(C)C1CCCN(C(C)=O)C1. The summed E-state index contributed by atoms with van der Waals surface area (Å²) in [4.78, 5) is 13.0. The Hall–Kier alpha value is -0.790. The lowest BCUT2D eigenvalue weighted by molar-refractivity contribution is -0.130. The number of rotatable bonds is 1. The number of likely N-dealkylation sites (tertiary alicyclic amines) is 1. The number of hydrogen-bond acceptors (Lipinski definition) is 1. The van der Waals surface area contributed by atoms with Gasteiger partial charge < -0.3 is 4.90 Å². The normalized spacial score (nSPS) is 23.8. The van der Waals surface area contributed by atoms with Gasteiger partial charge in [0.25, 0.3) is 0 Å². The second-order valence-electron chi connectivity index (χ2n) is 3.65. The van der Waals surface area contributed by atoms with Crippen molar-refractivity contribution in [3.63, 3.8) is 0 Å². The average Bonchev–Trinajstić information content (AvgIpc) is 2.04. The van der Waals surface area contributed by atoms with E-state index in [4.69, 9.17) is 0 Å². The molecule has 1 rings (SSSR count). The second kappa shape index (κ2) is 3.74. The Morgan fingerprint density at radius 2 is 2.17 bits per heavy atom. The summed E-state index contributed by atoms with van der Waals surface area (Å²) in [5.41, 5.74) is 1.21. The predicted molar refractivity (Wildman–Crippen MR) is 49.8 cm³/mol. The highest BCUT2D eigenvalue weighted by Crippen LogP contribution is 2.21. The number of carbonyl (C=O) groups excluding carboxylic acids is 1. The Morgan fingerprint density at radius 1 is 1.50 bits per heavy atom. The molecule has 0 saturated carbocycles. The van der Waals surface area contributed by atoms with Crippen LogP contribution in [0.2, 0.25) is 0 Å². The lowest BCUT2D eigenvalue weighted by atomic mass is 9.92. The van der Waals surface area contributed by atoms with Gasteiger partial charge in [0.05, 0.1) is 0 Å². The van der Waals surface area contributed by atoms with E-state index in [2.05, 4.69) is 6.58 Å². The van der Waals surface area contributed by atoms with Crippen molar-refractivity contribution in [1.82, 2.24) is 4.90 Å². The highest BCUT2D eigenvalue weighted by Gasteiger charge is 2.21. The smallest absolute Gasteiger partial charge is 0.219 e. The van der Waals surface area contributed by atoms with E-state index >= 15 is 0 Å². The molecule has 1 unspecified atom stereocenters. The molecule has 1 atom stereocenters. The van der Waals surface area contributed by atoms with Crippen LogP contribution in [-0.2, 0) is 4.79 Å². The Balaban J connectivity index is 2.51. The summed E-state index contributed by atoms with van der Waals surface area (Å²) in [6.45, 7) is 9.43. The van der Waals surface area contributed by atoms with Gasteiger partial charge in [-0.1, -0.05) is 12.2 Å². The topological polar surface area (TPSA) is 20.3 Å². The Morgan fingerprint density at radius 3 is 2.67 bits per heavy atom. The molecule has 0 N–H and O–H groups in total. The Kier molecular flexibility index (Phi) is 2.90. The van der Waals surface area contributed by atoms with E-state index in [1.165, 1.54) is 12.0 Å². The quantitative estimate of drug-likeness (QED) is 0.545. The molecule has 1 amide bonds. The fraction of sp³-hybridized carbons (Fsp3) is 0.700. The molecule has 0 spiro atoms.